The Hall–Kier alpha value is -2.91. The van der Waals surface area contributed by atoms with E-state index in [4.69, 9.17) is 4.74 Å². The van der Waals surface area contributed by atoms with Crippen LogP contribution in [0.15, 0.2) is 46.2 Å². The Balaban J connectivity index is 2.07. The van der Waals surface area contributed by atoms with Gasteiger partial charge in [-0.2, -0.15) is 4.98 Å². The number of benzene rings is 2. The monoisotopic (exact) mass is 433 g/mol. The van der Waals surface area contributed by atoms with Gasteiger partial charge in [0, 0.05) is 23.4 Å². The van der Waals surface area contributed by atoms with Crippen LogP contribution in [0.3, 0.4) is 0 Å². The highest BCUT2D eigenvalue weighted by molar-refractivity contribution is 7.90. The van der Waals surface area contributed by atoms with Crippen LogP contribution in [-0.2, 0) is 17.7 Å². The number of halogens is 2. The van der Waals surface area contributed by atoms with Crippen LogP contribution in [0.1, 0.15) is 16.7 Å². The van der Waals surface area contributed by atoms with E-state index in [-0.39, 0.29) is 18.2 Å². The molecule has 0 aliphatic carbocycles. The summed E-state index contributed by atoms with van der Waals surface area (Å²) < 4.78 is 45.8. The number of aromatic nitrogens is 2. The average Bonchev–Trinajstić information content (AvgIpc) is 2.64. The summed E-state index contributed by atoms with van der Waals surface area (Å²) >= 11 is -1.20. The topological polar surface area (TPSA) is 79.2 Å². The van der Waals surface area contributed by atoms with E-state index in [0.717, 1.165) is 17.2 Å². The predicted octanol–water partition coefficient (Wildman–Crippen LogP) is 3.68. The summed E-state index contributed by atoms with van der Waals surface area (Å²) in [5, 5.41) is 3.08. The molecule has 0 aliphatic rings. The van der Waals surface area contributed by atoms with E-state index in [0.29, 0.717) is 16.1 Å². The number of nitrogens with one attached hydrogen (secondary N) is 1. The second kappa shape index (κ2) is 8.85. The largest absolute Gasteiger partial charge is 0.612 e. The summed E-state index contributed by atoms with van der Waals surface area (Å²) in [6, 6.07) is 6.81. The van der Waals surface area contributed by atoms with Crippen molar-refractivity contribution in [2.45, 2.75) is 25.3 Å². The van der Waals surface area contributed by atoms with Crippen LogP contribution in [0, 0.1) is 25.5 Å². The molecular weight excluding hydrogens is 412 g/mol. The molecule has 1 unspecified atom stereocenters. The quantitative estimate of drug-likeness (QED) is 0.600. The van der Waals surface area contributed by atoms with Crippen molar-refractivity contribution in [1.82, 2.24) is 9.55 Å². The second-order valence-corrected chi connectivity index (χ2v) is 8.20. The Morgan fingerprint density at radius 1 is 1.13 bits per heavy atom. The number of ether oxygens (including phenoxy) is 1. The van der Waals surface area contributed by atoms with Crippen molar-refractivity contribution in [1.29, 1.82) is 0 Å². The van der Waals surface area contributed by atoms with Gasteiger partial charge in [-0.25, -0.2) is 8.78 Å². The van der Waals surface area contributed by atoms with Crippen LogP contribution < -0.4 is 15.6 Å². The minimum atomic E-state index is -1.20. The van der Waals surface area contributed by atoms with Gasteiger partial charge in [0.1, 0.15) is 17.9 Å². The Morgan fingerprint density at radius 3 is 2.40 bits per heavy atom. The fourth-order valence-corrected chi connectivity index (χ4v) is 3.93. The minimum Gasteiger partial charge on any atom is -0.612 e. The number of methoxy groups -OCH3 is 1. The van der Waals surface area contributed by atoms with Crippen LogP contribution in [0.25, 0.3) is 0 Å². The molecule has 3 aromatic rings. The molecule has 6 nitrogen and oxygen atoms in total. The molecule has 3 rings (SSSR count). The van der Waals surface area contributed by atoms with Crippen molar-refractivity contribution < 1.29 is 18.1 Å². The van der Waals surface area contributed by atoms with Gasteiger partial charge >= 0.3 is 5.56 Å². The van der Waals surface area contributed by atoms with E-state index in [9.17, 15) is 18.1 Å². The summed E-state index contributed by atoms with van der Waals surface area (Å²) in [7, 11) is 1.34. The lowest BCUT2D eigenvalue weighted by molar-refractivity contribution is 0.402. The lowest BCUT2D eigenvalue weighted by Crippen LogP contribution is -2.19. The normalized spacial score (nSPS) is 12.0. The Morgan fingerprint density at radius 2 is 1.80 bits per heavy atom. The van der Waals surface area contributed by atoms with E-state index in [1.807, 2.05) is 19.9 Å². The molecule has 0 saturated heterocycles. The maximum absolute atomic E-state index is 13.6. The first-order valence-electron chi connectivity index (χ1n) is 9.00. The van der Waals surface area contributed by atoms with Crippen molar-refractivity contribution >= 4 is 22.8 Å². The van der Waals surface area contributed by atoms with Gasteiger partial charge in [-0.3, -0.25) is 4.79 Å². The fraction of sp³-hybridized carbons (Fsp3) is 0.238. The standard InChI is InChI=1S/C21H21F2N3O3S/c1-12-5-13(2)19(30(4)28)9-17(12)24-21-25-20(27)18(29-3)11-26(21)10-14-6-15(22)8-16(23)7-14/h5-9,11H,10H2,1-4H3,(H,24,25,27). The maximum Gasteiger partial charge on any atom is 0.316 e. The molecule has 0 radical (unpaired) electrons. The van der Waals surface area contributed by atoms with Crippen molar-refractivity contribution in [2.75, 3.05) is 18.7 Å². The van der Waals surface area contributed by atoms with E-state index >= 15 is 0 Å². The van der Waals surface area contributed by atoms with Gasteiger partial charge in [0.2, 0.25) is 11.7 Å². The van der Waals surface area contributed by atoms with Crippen LogP contribution in [0.5, 0.6) is 5.75 Å². The van der Waals surface area contributed by atoms with Gasteiger partial charge in [-0.15, -0.1) is 0 Å². The molecular formula is C21H21F2N3O3S. The molecule has 1 heterocycles. The third-order valence-corrected chi connectivity index (χ3v) is 5.60. The van der Waals surface area contributed by atoms with E-state index in [1.54, 1.807) is 12.3 Å². The zero-order chi connectivity index (χ0) is 22.0. The first-order valence-corrected chi connectivity index (χ1v) is 10.6. The number of aryl methyl sites for hydroxylation is 2. The van der Waals surface area contributed by atoms with E-state index < -0.39 is 28.4 Å². The molecule has 0 spiro atoms. The van der Waals surface area contributed by atoms with Gasteiger partial charge in [-0.1, -0.05) is 0 Å². The van der Waals surface area contributed by atoms with Crippen LogP contribution >= 0.6 is 0 Å². The Labute approximate surface area is 175 Å². The van der Waals surface area contributed by atoms with Crippen LogP contribution in [0.2, 0.25) is 0 Å². The van der Waals surface area contributed by atoms with Gasteiger partial charge in [0.25, 0.3) is 0 Å². The van der Waals surface area contributed by atoms with Crippen molar-refractivity contribution in [3.63, 3.8) is 0 Å². The first-order chi connectivity index (χ1) is 14.2. The maximum atomic E-state index is 13.6. The molecule has 30 heavy (non-hydrogen) atoms. The molecule has 158 valence electrons. The lowest BCUT2D eigenvalue weighted by atomic mass is 10.1. The molecule has 1 aromatic heterocycles. The van der Waals surface area contributed by atoms with E-state index in [1.165, 1.54) is 30.0 Å². The molecule has 2 aromatic carbocycles. The summed E-state index contributed by atoms with van der Waals surface area (Å²) in [6.45, 7) is 3.78. The molecule has 0 amide bonds. The molecule has 0 saturated carbocycles. The second-order valence-electron chi connectivity index (χ2n) is 6.86. The molecule has 1 N–H and O–H groups in total. The third-order valence-electron chi connectivity index (χ3n) is 4.54. The zero-order valence-corrected chi connectivity index (χ0v) is 17.8. The van der Waals surface area contributed by atoms with Gasteiger partial charge in [0.15, 0.2) is 4.90 Å². The van der Waals surface area contributed by atoms with Crippen LogP contribution in [0.4, 0.5) is 20.4 Å². The number of anilines is 2. The smallest absolute Gasteiger partial charge is 0.316 e. The Bertz CT molecular complexity index is 1130. The molecule has 0 aliphatic heterocycles. The third kappa shape index (κ3) is 4.80. The number of rotatable bonds is 6. The van der Waals surface area contributed by atoms with E-state index in [2.05, 4.69) is 10.3 Å². The number of hydrogen-bond donors (Lipinski definition) is 1. The molecule has 0 fully saturated rings. The summed E-state index contributed by atoms with van der Waals surface area (Å²) in [6.07, 6.45) is 3.00. The SMILES string of the molecule is COc1cn(Cc2cc(F)cc(F)c2)c(Nc2cc([S+](C)[O-])c(C)cc2C)nc1=O. The summed E-state index contributed by atoms with van der Waals surface area (Å²) in [5.74, 6) is -1.26. The van der Waals surface area contributed by atoms with Crippen molar-refractivity contribution in [3.8, 4) is 5.75 Å². The average molecular weight is 433 g/mol. The molecule has 1 atom stereocenters. The highest BCUT2D eigenvalue weighted by Crippen LogP contribution is 2.27. The van der Waals surface area contributed by atoms with Crippen molar-refractivity contribution in [3.05, 3.63) is 75.2 Å². The van der Waals surface area contributed by atoms with Gasteiger partial charge < -0.3 is 19.2 Å². The first kappa shape index (κ1) is 21.8. The highest BCUT2D eigenvalue weighted by Gasteiger charge is 2.16. The van der Waals surface area contributed by atoms with Gasteiger partial charge in [-0.05, 0) is 54.3 Å². The zero-order valence-electron chi connectivity index (χ0n) is 17.0. The fourth-order valence-electron chi connectivity index (χ4n) is 3.13. The number of nitrogens with zero attached hydrogens (tertiary/aromatic N) is 2. The molecule has 9 heteroatoms. The molecule has 0 bridgehead atoms. The lowest BCUT2D eigenvalue weighted by Gasteiger charge is -2.18. The highest BCUT2D eigenvalue weighted by atomic mass is 32.2. The number of hydrogen-bond acceptors (Lipinski definition) is 5. The van der Waals surface area contributed by atoms with Crippen molar-refractivity contribution in [2.24, 2.45) is 0 Å². The van der Waals surface area contributed by atoms with Gasteiger partial charge in [0.05, 0.1) is 19.9 Å². The van der Waals surface area contributed by atoms with Crippen LogP contribution in [-0.4, -0.2) is 27.5 Å². The minimum absolute atomic E-state index is 0.00611. The summed E-state index contributed by atoms with van der Waals surface area (Å²) in [4.78, 5) is 16.9. The Kier molecular flexibility index (Phi) is 6.42. The summed E-state index contributed by atoms with van der Waals surface area (Å²) in [5.41, 5.74) is 2.11. The predicted molar refractivity (Wildman–Crippen MR) is 112 cm³/mol.